The van der Waals surface area contributed by atoms with Crippen molar-refractivity contribution < 1.29 is 24.9 Å². The summed E-state index contributed by atoms with van der Waals surface area (Å²) in [5.41, 5.74) is -0.0882. The van der Waals surface area contributed by atoms with Gasteiger partial charge in [0, 0.05) is 6.42 Å². The smallest absolute Gasteiger partial charge is 0.305 e. The molecule has 4 rings (SSSR count). The van der Waals surface area contributed by atoms with Crippen molar-refractivity contribution in [3.63, 3.8) is 0 Å². The van der Waals surface area contributed by atoms with Crippen LogP contribution in [0, 0.1) is 46.3 Å². The lowest BCUT2D eigenvalue weighted by Gasteiger charge is -2.63. The molecule has 4 fully saturated rings. The molecule has 4 saturated carbocycles. The predicted molar refractivity (Wildman–Crippen MR) is 114 cm³/mol. The molecule has 0 bridgehead atoms. The number of ether oxygens (including phenoxy) is 1. The number of methoxy groups -OCH3 is 1. The fourth-order valence-corrected chi connectivity index (χ4v) is 8.78. The van der Waals surface area contributed by atoms with Gasteiger partial charge in [0.15, 0.2) is 0 Å². The van der Waals surface area contributed by atoms with Gasteiger partial charge in [-0.1, -0.05) is 20.8 Å². The van der Waals surface area contributed by atoms with Gasteiger partial charge in [0.2, 0.25) is 0 Å². The summed E-state index contributed by atoms with van der Waals surface area (Å²) in [7, 11) is 1.44. The van der Waals surface area contributed by atoms with Crippen molar-refractivity contribution in [3.05, 3.63) is 0 Å². The lowest BCUT2D eigenvalue weighted by Crippen LogP contribution is -2.62. The summed E-state index contributed by atoms with van der Waals surface area (Å²) in [4.78, 5) is 11.7. The molecule has 172 valence electrons. The van der Waals surface area contributed by atoms with Crippen LogP contribution in [0.1, 0.15) is 78.6 Å². The van der Waals surface area contributed by atoms with E-state index < -0.39 is 0 Å². The highest BCUT2D eigenvalue weighted by Crippen LogP contribution is 2.68. The van der Waals surface area contributed by atoms with Crippen LogP contribution in [0.3, 0.4) is 0 Å². The molecule has 30 heavy (non-hydrogen) atoms. The van der Waals surface area contributed by atoms with Crippen molar-refractivity contribution in [2.45, 2.75) is 96.9 Å². The van der Waals surface area contributed by atoms with E-state index in [1.165, 1.54) is 7.11 Å². The van der Waals surface area contributed by atoms with Crippen molar-refractivity contribution in [2.24, 2.45) is 46.3 Å². The van der Waals surface area contributed by atoms with Crippen LogP contribution in [0.2, 0.25) is 0 Å². The van der Waals surface area contributed by atoms with Gasteiger partial charge >= 0.3 is 5.97 Å². The van der Waals surface area contributed by atoms with Crippen LogP contribution >= 0.6 is 0 Å². The fourth-order valence-electron chi connectivity index (χ4n) is 8.78. The average molecular weight is 423 g/mol. The first kappa shape index (κ1) is 22.5. The van der Waals surface area contributed by atoms with Crippen LogP contribution in [0.5, 0.6) is 0 Å². The maximum atomic E-state index is 11.7. The lowest BCUT2D eigenvalue weighted by molar-refractivity contribution is -0.207. The molecule has 0 spiro atoms. The van der Waals surface area contributed by atoms with Gasteiger partial charge in [-0.15, -0.1) is 0 Å². The Labute approximate surface area is 181 Å². The predicted octanol–water partition coefficient (Wildman–Crippen LogP) is 3.54. The Morgan fingerprint density at radius 1 is 1.07 bits per heavy atom. The summed E-state index contributed by atoms with van der Waals surface area (Å²) in [6, 6.07) is 0. The molecule has 5 heteroatoms. The SMILES string of the molecule is COC(=O)CC[C@@H](C)[C@H]1CC[C@H]2[C@@H]3[C@@H](O)C[C@H]4C[C@H](O)CC[C@]4(C)[C@H]3C[C@H](O)[C@]12C. The molecule has 5 nitrogen and oxygen atoms in total. The van der Waals surface area contributed by atoms with Gasteiger partial charge < -0.3 is 20.1 Å². The van der Waals surface area contributed by atoms with Gasteiger partial charge in [-0.2, -0.15) is 0 Å². The quantitative estimate of drug-likeness (QED) is 0.603. The first-order valence-corrected chi connectivity index (χ1v) is 12.2. The Balaban J connectivity index is 1.58. The number of esters is 1. The second-order valence-corrected chi connectivity index (χ2v) is 11.6. The standard InChI is InChI=1S/C25H42O5/c1-14(5-8-22(29)30-4)17-6-7-18-23-19(13-21(28)25(17,18)3)24(2)10-9-16(26)11-15(24)12-20(23)27/h14-21,23,26-28H,5-13H2,1-4H3/t14-,15-,16-,17-,18+,19+,20+,21+,23+,24+,25-/m1/s1. The van der Waals surface area contributed by atoms with Crippen molar-refractivity contribution in [1.82, 2.24) is 0 Å². The molecule has 0 unspecified atom stereocenters. The Morgan fingerprint density at radius 3 is 2.50 bits per heavy atom. The van der Waals surface area contributed by atoms with Crippen LogP contribution in [0.15, 0.2) is 0 Å². The maximum Gasteiger partial charge on any atom is 0.305 e. The highest BCUT2D eigenvalue weighted by molar-refractivity contribution is 5.69. The topological polar surface area (TPSA) is 87.0 Å². The molecule has 4 aliphatic rings. The van der Waals surface area contributed by atoms with Crippen molar-refractivity contribution in [1.29, 1.82) is 0 Å². The Kier molecular flexibility index (Phi) is 6.04. The van der Waals surface area contributed by atoms with Gasteiger partial charge in [-0.3, -0.25) is 4.79 Å². The Morgan fingerprint density at radius 2 is 1.80 bits per heavy atom. The second-order valence-electron chi connectivity index (χ2n) is 11.6. The molecule has 0 aromatic rings. The van der Waals surface area contributed by atoms with E-state index in [0.29, 0.717) is 36.0 Å². The molecule has 0 saturated heterocycles. The molecule has 11 atom stereocenters. The zero-order valence-electron chi connectivity index (χ0n) is 19.2. The molecule has 0 aliphatic heterocycles. The van der Waals surface area contributed by atoms with Crippen molar-refractivity contribution in [2.75, 3.05) is 7.11 Å². The number of hydrogen-bond donors (Lipinski definition) is 3. The van der Waals surface area contributed by atoms with E-state index >= 15 is 0 Å². The average Bonchev–Trinajstić information content (AvgIpc) is 3.06. The molecular formula is C25H42O5. The normalized spacial score (nSPS) is 51.4. The first-order valence-electron chi connectivity index (χ1n) is 12.2. The number of hydrogen-bond acceptors (Lipinski definition) is 5. The largest absolute Gasteiger partial charge is 0.469 e. The van der Waals surface area contributed by atoms with Crippen LogP contribution < -0.4 is 0 Å². The minimum atomic E-state index is -0.369. The summed E-state index contributed by atoms with van der Waals surface area (Å²) < 4.78 is 4.83. The third-order valence-electron chi connectivity index (χ3n) is 10.6. The van der Waals surface area contributed by atoms with Crippen molar-refractivity contribution >= 4 is 5.97 Å². The number of fused-ring (bicyclic) bond motifs is 5. The van der Waals surface area contributed by atoms with E-state index in [1.54, 1.807) is 0 Å². The van der Waals surface area contributed by atoms with Gasteiger partial charge in [0.05, 0.1) is 25.4 Å². The van der Waals surface area contributed by atoms with E-state index in [4.69, 9.17) is 4.74 Å². The monoisotopic (exact) mass is 422 g/mol. The van der Waals surface area contributed by atoms with Crippen LogP contribution in [0.25, 0.3) is 0 Å². The molecule has 0 radical (unpaired) electrons. The zero-order chi connectivity index (χ0) is 21.8. The maximum absolute atomic E-state index is 11.7. The van der Waals surface area contributed by atoms with E-state index in [0.717, 1.165) is 51.4 Å². The summed E-state index contributed by atoms with van der Waals surface area (Å²) in [6.45, 7) is 6.85. The third-order valence-corrected chi connectivity index (χ3v) is 10.6. The number of rotatable bonds is 4. The molecular weight excluding hydrogens is 380 g/mol. The van der Waals surface area contributed by atoms with Crippen molar-refractivity contribution in [3.8, 4) is 0 Å². The minimum Gasteiger partial charge on any atom is -0.469 e. The van der Waals surface area contributed by atoms with Gasteiger partial charge in [0.1, 0.15) is 0 Å². The number of carbonyl (C=O) groups is 1. The van der Waals surface area contributed by atoms with Gasteiger partial charge in [-0.25, -0.2) is 0 Å². The van der Waals surface area contributed by atoms with E-state index in [2.05, 4.69) is 20.8 Å². The molecule has 4 aliphatic carbocycles. The number of carbonyl (C=O) groups excluding carboxylic acids is 1. The third kappa shape index (κ3) is 3.34. The summed E-state index contributed by atoms with van der Waals surface area (Å²) >= 11 is 0. The zero-order valence-corrected chi connectivity index (χ0v) is 19.2. The number of aliphatic hydroxyl groups is 3. The van der Waals surface area contributed by atoms with Gasteiger partial charge in [-0.05, 0) is 97.7 Å². The molecule has 0 amide bonds. The second kappa shape index (κ2) is 8.04. The summed E-state index contributed by atoms with van der Waals surface area (Å²) in [6.07, 6.45) is 6.60. The summed E-state index contributed by atoms with van der Waals surface area (Å²) in [5.74, 6) is 1.81. The van der Waals surface area contributed by atoms with Crippen LogP contribution in [0.4, 0.5) is 0 Å². The fraction of sp³-hybridized carbons (Fsp3) is 0.960. The minimum absolute atomic E-state index is 0.111. The van der Waals surface area contributed by atoms with Crippen LogP contribution in [-0.4, -0.2) is 46.7 Å². The Bertz CT molecular complexity index is 651. The lowest BCUT2D eigenvalue weighted by atomic mass is 9.43. The first-order chi connectivity index (χ1) is 14.1. The van der Waals surface area contributed by atoms with E-state index in [-0.39, 0.29) is 41.0 Å². The molecule has 0 aromatic heterocycles. The Hall–Kier alpha value is -0.650. The highest BCUT2D eigenvalue weighted by atomic mass is 16.5. The van der Waals surface area contributed by atoms with Crippen LogP contribution in [-0.2, 0) is 9.53 Å². The molecule has 0 aromatic carbocycles. The molecule has 0 heterocycles. The molecule has 3 N–H and O–H groups in total. The summed E-state index contributed by atoms with van der Waals surface area (Å²) in [5, 5.41) is 33.1. The van der Waals surface area contributed by atoms with E-state index in [9.17, 15) is 20.1 Å². The van der Waals surface area contributed by atoms with Gasteiger partial charge in [0.25, 0.3) is 0 Å². The highest BCUT2D eigenvalue weighted by Gasteiger charge is 2.65. The number of aliphatic hydroxyl groups excluding tert-OH is 3. The van der Waals surface area contributed by atoms with E-state index in [1.807, 2.05) is 0 Å².